The number of anilines is 2. The summed E-state index contributed by atoms with van der Waals surface area (Å²) in [6.07, 6.45) is 9.62. The predicted octanol–water partition coefficient (Wildman–Crippen LogP) is 4.20. The van der Waals surface area contributed by atoms with Crippen molar-refractivity contribution in [2.45, 2.75) is 65.3 Å². The minimum Gasteiger partial charge on any atom is -0.381 e. The fourth-order valence-electron chi connectivity index (χ4n) is 2.52. The van der Waals surface area contributed by atoms with Crippen molar-refractivity contribution in [2.75, 3.05) is 10.6 Å². The Bertz CT molecular complexity index is 454. The topological polar surface area (TPSA) is 54.0 Å². The van der Waals surface area contributed by atoms with Crippen LogP contribution < -0.4 is 10.6 Å². The maximum absolute atomic E-state index is 11.9. The zero-order valence-electron chi connectivity index (χ0n) is 13.4. The molecule has 0 saturated heterocycles. The first-order valence-electron chi connectivity index (χ1n) is 7.99. The summed E-state index contributed by atoms with van der Waals surface area (Å²) in [5.41, 5.74) is 0.634. The van der Waals surface area contributed by atoms with Gasteiger partial charge in [0.2, 0.25) is 5.91 Å². The van der Waals surface area contributed by atoms with Crippen LogP contribution in [0, 0.1) is 5.41 Å². The smallest absolute Gasteiger partial charge is 0.230 e. The summed E-state index contributed by atoms with van der Waals surface area (Å²) in [6.45, 7) is 5.68. The Kier molecular flexibility index (Phi) is 5.21. The van der Waals surface area contributed by atoms with Crippen LogP contribution in [0.25, 0.3) is 0 Å². The third kappa shape index (κ3) is 5.03. The minimum absolute atomic E-state index is 0.0144. The zero-order chi connectivity index (χ0) is 15.3. The van der Waals surface area contributed by atoms with Gasteiger partial charge in [-0.05, 0) is 25.0 Å². The van der Waals surface area contributed by atoms with Gasteiger partial charge in [-0.2, -0.15) is 0 Å². The van der Waals surface area contributed by atoms with E-state index in [9.17, 15) is 4.79 Å². The summed E-state index contributed by atoms with van der Waals surface area (Å²) in [6, 6.07) is 4.42. The number of nitrogens with one attached hydrogen (secondary N) is 2. The van der Waals surface area contributed by atoms with E-state index in [4.69, 9.17) is 0 Å². The van der Waals surface area contributed by atoms with Gasteiger partial charge < -0.3 is 10.6 Å². The monoisotopic (exact) mass is 289 g/mol. The number of nitrogens with zero attached hydrogens (tertiary/aromatic N) is 1. The van der Waals surface area contributed by atoms with E-state index >= 15 is 0 Å². The van der Waals surface area contributed by atoms with Gasteiger partial charge in [0.05, 0.1) is 11.9 Å². The van der Waals surface area contributed by atoms with E-state index in [1.807, 2.05) is 39.1 Å². The second-order valence-electron chi connectivity index (χ2n) is 6.97. The summed E-state index contributed by atoms with van der Waals surface area (Å²) < 4.78 is 0. The zero-order valence-corrected chi connectivity index (χ0v) is 13.4. The molecule has 1 aliphatic rings. The lowest BCUT2D eigenvalue weighted by Gasteiger charge is -2.19. The minimum atomic E-state index is -0.404. The summed E-state index contributed by atoms with van der Waals surface area (Å²) in [5, 5.41) is 6.40. The highest BCUT2D eigenvalue weighted by atomic mass is 16.2. The lowest BCUT2D eigenvalue weighted by Crippen LogP contribution is -2.28. The summed E-state index contributed by atoms with van der Waals surface area (Å²) in [4.78, 5) is 16.2. The third-order valence-corrected chi connectivity index (χ3v) is 3.91. The SMILES string of the molecule is CC(C)(C)C(=O)Nc1ccc(NC2CCCCCC2)cn1. The molecule has 0 atom stereocenters. The van der Waals surface area contributed by atoms with Crippen molar-refractivity contribution >= 4 is 17.4 Å². The van der Waals surface area contributed by atoms with Gasteiger partial charge in [0.1, 0.15) is 5.82 Å². The molecule has 1 aliphatic carbocycles. The largest absolute Gasteiger partial charge is 0.381 e. The van der Waals surface area contributed by atoms with Gasteiger partial charge in [-0.25, -0.2) is 4.98 Å². The molecular weight excluding hydrogens is 262 g/mol. The van der Waals surface area contributed by atoms with Gasteiger partial charge in [0, 0.05) is 11.5 Å². The van der Waals surface area contributed by atoms with Crippen molar-refractivity contribution in [2.24, 2.45) is 5.41 Å². The number of carbonyl (C=O) groups is 1. The molecule has 4 nitrogen and oxygen atoms in total. The van der Waals surface area contributed by atoms with Crippen LogP contribution in [0.3, 0.4) is 0 Å². The maximum atomic E-state index is 11.9. The van der Waals surface area contributed by atoms with Crippen LogP contribution in [-0.2, 0) is 4.79 Å². The summed E-state index contributed by atoms with van der Waals surface area (Å²) in [7, 11) is 0. The molecule has 1 heterocycles. The predicted molar refractivity (Wildman–Crippen MR) is 87.4 cm³/mol. The lowest BCUT2D eigenvalue weighted by molar-refractivity contribution is -0.123. The fourth-order valence-corrected chi connectivity index (χ4v) is 2.52. The van der Waals surface area contributed by atoms with Crippen LogP contribution in [0.2, 0.25) is 0 Å². The van der Waals surface area contributed by atoms with Crippen LogP contribution in [-0.4, -0.2) is 16.9 Å². The molecule has 21 heavy (non-hydrogen) atoms. The molecule has 1 amide bonds. The average Bonchev–Trinajstić information content (AvgIpc) is 2.68. The van der Waals surface area contributed by atoms with E-state index in [-0.39, 0.29) is 5.91 Å². The van der Waals surface area contributed by atoms with Crippen LogP contribution >= 0.6 is 0 Å². The molecule has 2 N–H and O–H groups in total. The van der Waals surface area contributed by atoms with Crippen LogP contribution in [0.4, 0.5) is 11.5 Å². The first kappa shape index (κ1) is 15.8. The normalized spacial score (nSPS) is 17.1. The Morgan fingerprint density at radius 2 is 1.81 bits per heavy atom. The first-order valence-corrected chi connectivity index (χ1v) is 7.99. The van der Waals surface area contributed by atoms with Gasteiger partial charge >= 0.3 is 0 Å². The number of pyridine rings is 1. The summed E-state index contributed by atoms with van der Waals surface area (Å²) >= 11 is 0. The van der Waals surface area contributed by atoms with Crippen LogP contribution in [0.5, 0.6) is 0 Å². The highest BCUT2D eigenvalue weighted by Gasteiger charge is 2.21. The molecule has 0 aliphatic heterocycles. The maximum Gasteiger partial charge on any atom is 0.230 e. The fraction of sp³-hybridized carbons (Fsp3) is 0.647. The van der Waals surface area contributed by atoms with E-state index in [0.717, 1.165) is 5.69 Å². The highest BCUT2D eigenvalue weighted by molar-refractivity contribution is 5.93. The number of hydrogen-bond donors (Lipinski definition) is 2. The standard InChI is InChI=1S/C17H27N3O/c1-17(2,3)16(21)20-15-11-10-14(12-18-15)19-13-8-6-4-5-7-9-13/h10-13,19H,4-9H2,1-3H3,(H,18,20,21). The van der Waals surface area contributed by atoms with E-state index in [0.29, 0.717) is 11.9 Å². The van der Waals surface area contributed by atoms with Crippen LogP contribution in [0.15, 0.2) is 18.3 Å². The van der Waals surface area contributed by atoms with E-state index < -0.39 is 5.41 Å². The number of carbonyl (C=O) groups excluding carboxylic acids is 1. The van der Waals surface area contributed by atoms with Crippen molar-refractivity contribution in [3.05, 3.63) is 18.3 Å². The number of aromatic nitrogens is 1. The van der Waals surface area contributed by atoms with Crippen molar-refractivity contribution < 1.29 is 4.79 Å². The molecule has 1 fully saturated rings. The number of hydrogen-bond acceptors (Lipinski definition) is 3. The Morgan fingerprint density at radius 3 is 2.33 bits per heavy atom. The van der Waals surface area contributed by atoms with E-state index in [2.05, 4.69) is 15.6 Å². The third-order valence-electron chi connectivity index (χ3n) is 3.91. The molecule has 1 aromatic rings. The number of rotatable bonds is 3. The van der Waals surface area contributed by atoms with Crippen molar-refractivity contribution in [1.82, 2.24) is 4.98 Å². The van der Waals surface area contributed by atoms with Gasteiger partial charge in [-0.15, -0.1) is 0 Å². The van der Waals surface area contributed by atoms with E-state index in [1.165, 1.54) is 38.5 Å². The van der Waals surface area contributed by atoms with Gasteiger partial charge in [-0.3, -0.25) is 4.79 Å². The van der Waals surface area contributed by atoms with E-state index in [1.54, 1.807) is 0 Å². The van der Waals surface area contributed by atoms with Crippen molar-refractivity contribution in [3.8, 4) is 0 Å². The van der Waals surface area contributed by atoms with Gasteiger partial charge in [0.15, 0.2) is 0 Å². The Morgan fingerprint density at radius 1 is 1.14 bits per heavy atom. The molecule has 0 spiro atoms. The molecule has 0 aromatic carbocycles. The lowest BCUT2D eigenvalue weighted by atomic mass is 9.96. The Hall–Kier alpha value is -1.58. The molecule has 1 saturated carbocycles. The quantitative estimate of drug-likeness (QED) is 0.820. The Labute approximate surface area is 127 Å². The molecule has 0 bridgehead atoms. The summed E-state index contributed by atoms with van der Waals surface area (Å²) in [5.74, 6) is 0.598. The van der Waals surface area contributed by atoms with Crippen molar-refractivity contribution in [3.63, 3.8) is 0 Å². The second-order valence-corrected chi connectivity index (χ2v) is 6.97. The second kappa shape index (κ2) is 6.92. The molecular formula is C17H27N3O. The first-order chi connectivity index (χ1) is 9.95. The van der Waals surface area contributed by atoms with Gasteiger partial charge in [-0.1, -0.05) is 46.5 Å². The van der Waals surface area contributed by atoms with Gasteiger partial charge in [0.25, 0.3) is 0 Å². The molecule has 2 rings (SSSR count). The number of amides is 1. The molecule has 116 valence electrons. The molecule has 0 radical (unpaired) electrons. The average molecular weight is 289 g/mol. The van der Waals surface area contributed by atoms with Crippen molar-refractivity contribution in [1.29, 1.82) is 0 Å². The molecule has 0 unspecified atom stereocenters. The Balaban J connectivity index is 1.91. The highest BCUT2D eigenvalue weighted by Crippen LogP contribution is 2.22. The molecule has 1 aromatic heterocycles. The van der Waals surface area contributed by atoms with Crippen LogP contribution in [0.1, 0.15) is 59.3 Å². The molecule has 4 heteroatoms.